The lowest BCUT2D eigenvalue weighted by Crippen LogP contribution is -2.24. The summed E-state index contributed by atoms with van der Waals surface area (Å²) in [7, 11) is 0. The number of pyridine rings is 1. The normalized spacial score (nSPS) is 21.2. The number of thioether (sulfide) groups is 1. The monoisotopic (exact) mass is 284 g/mol. The van der Waals surface area contributed by atoms with Gasteiger partial charge in [0.1, 0.15) is 6.21 Å². The number of hydrogen-bond acceptors (Lipinski definition) is 6. The predicted octanol–water partition coefficient (Wildman–Crippen LogP) is 1.90. The average molecular weight is 284 g/mol. The summed E-state index contributed by atoms with van der Waals surface area (Å²) < 4.78 is 0. The third kappa shape index (κ3) is 3.08. The Morgan fingerprint density at radius 2 is 2.45 bits per heavy atom. The Bertz CT molecular complexity index is 616. The number of rotatable bonds is 2. The largest absolute Gasteiger partial charge is 0.353 e. The summed E-state index contributed by atoms with van der Waals surface area (Å²) in [6.07, 6.45) is 6.63. The molecule has 0 amide bonds. The van der Waals surface area contributed by atoms with Crippen LogP contribution in [0.4, 0.5) is 0 Å². The minimum absolute atomic E-state index is 0.593. The number of allylic oxidation sites excluding steroid dienone is 1. The van der Waals surface area contributed by atoms with Gasteiger partial charge in [0.25, 0.3) is 0 Å². The van der Waals surface area contributed by atoms with Crippen LogP contribution in [0.2, 0.25) is 0 Å². The van der Waals surface area contributed by atoms with Crippen LogP contribution < -0.4 is 10.6 Å². The Hall–Kier alpha value is -2.08. The van der Waals surface area contributed by atoms with Crippen LogP contribution in [-0.4, -0.2) is 23.7 Å². The van der Waals surface area contributed by atoms with E-state index in [0.717, 1.165) is 21.9 Å². The molecule has 6 heteroatoms. The number of nitrogens with zero attached hydrogens (tertiary/aromatic N) is 3. The lowest BCUT2D eigenvalue weighted by molar-refractivity contribution is 0.883. The Morgan fingerprint density at radius 1 is 1.50 bits per heavy atom. The summed E-state index contributed by atoms with van der Waals surface area (Å²) in [6, 6.07) is 3.92. The molecule has 5 nitrogen and oxygen atoms in total. The summed E-state index contributed by atoms with van der Waals surface area (Å²) in [5.41, 5.74) is 3.24. The van der Waals surface area contributed by atoms with Crippen molar-refractivity contribution in [1.82, 2.24) is 15.6 Å². The summed E-state index contributed by atoms with van der Waals surface area (Å²) in [5, 5.41) is 9.60. The maximum atomic E-state index is 4.42. The minimum Gasteiger partial charge on any atom is -0.353 e. The molecule has 0 spiro atoms. The zero-order chi connectivity index (χ0) is 13.8. The molecule has 3 rings (SSSR count). The van der Waals surface area contributed by atoms with Crippen molar-refractivity contribution in [2.75, 3.05) is 6.54 Å². The third-order valence-electron chi connectivity index (χ3n) is 2.80. The molecular weight excluding hydrogens is 270 g/mol. The number of hydrogen-bond donors (Lipinski definition) is 2. The molecule has 101 valence electrons. The highest BCUT2D eigenvalue weighted by atomic mass is 32.2. The molecule has 2 aliphatic rings. The van der Waals surface area contributed by atoms with Crippen LogP contribution in [0.3, 0.4) is 0 Å². The van der Waals surface area contributed by atoms with E-state index in [-0.39, 0.29) is 0 Å². The lowest BCUT2D eigenvalue weighted by Gasteiger charge is -2.11. The number of nitrogens with one attached hydrogen (secondary N) is 2. The van der Waals surface area contributed by atoms with Gasteiger partial charge in [-0.2, -0.15) is 0 Å². The average Bonchev–Trinajstić information content (AvgIpc) is 2.93. The molecule has 0 atom stereocenters. The fourth-order valence-corrected chi connectivity index (χ4v) is 2.60. The quantitative estimate of drug-likeness (QED) is 0.870. The second kappa shape index (κ2) is 5.92. The second-order valence-electron chi connectivity index (χ2n) is 4.43. The molecule has 0 saturated heterocycles. The van der Waals surface area contributed by atoms with Crippen LogP contribution in [0.5, 0.6) is 0 Å². The van der Waals surface area contributed by atoms with Crippen molar-refractivity contribution >= 4 is 23.9 Å². The predicted molar refractivity (Wildman–Crippen MR) is 82.3 cm³/mol. The Labute approximate surface area is 122 Å². The van der Waals surface area contributed by atoms with Gasteiger partial charge >= 0.3 is 0 Å². The van der Waals surface area contributed by atoms with E-state index in [1.165, 1.54) is 0 Å². The van der Waals surface area contributed by atoms with Gasteiger partial charge in [-0.15, -0.1) is 0 Å². The highest BCUT2D eigenvalue weighted by Crippen LogP contribution is 2.26. The molecule has 2 N–H and O–H groups in total. The number of aromatic nitrogens is 1. The van der Waals surface area contributed by atoms with Crippen molar-refractivity contribution in [1.29, 1.82) is 0 Å². The molecule has 3 heterocycles. The zero-order valence-corrected chi connectivity index (χ0v) is 11.9. The van der Waals surface area contributed by atoms with Crippen LogP contribution in [0.25, 0.3) is 0 Å². The van der Waals surface area contributed by atoms with Crippen molar-refractivity contribution in [2.45, 2.75) is 13.5 Å². The SMILES string of the molecule is CC1=CSC(=C2[C]=NC(NCc3cccnc3)=NC2)N1. The van der Waals surface area contributed by atoms with E-state index in [2.05, 4.69) is 37.2 Å². The molecular formula is C14H14N5S. The van der Waals surface area contributed by atoms with E-state index in [4.69, 9.17) is 0 Å². The lowest BCUT2D eigenvalue weighted by atomic mass is 10.3. The number of aliphatic imine (C=N–C) groups is 2. The fraction of sp³-hybridized carbons (Fsp3) is 0.214. The molecule has 20 heavy (non-hydrogen) atoms. The summed E-state index contributed by atoms with van der Waals surface area (Å²) in [6.45, 7) is 3.29. The maximum Gasteiger partial charge on any atom is 0.219 e. The highest BCUT2D eigenvalue weighted by Gasteiger charge is 2.14. The molecule has 1 aromatic rings. The first-order chi connectivity index (χ1) is 9.81. The van der Waals surface area contributed by atoms with Crippen molar-refractivity contribution < 1.29 is 0 Å². The van der Waals surface area contributed by atoms with E-state index >= 15 is 0 Å². The third-order valence-corrected chi connectivity index (χ3v) is 3.85. The maximum absolute atomic E-state index is 4.42. The first-order valence-electron chi connectivity index (χ1n) is 6.29. The van der Waals surface area contributed by atoms with Crippen molar-refractivity contribution in [2.24, 2.45) is 9.98 Å². The Balaban J connectivity index is 1.57. The van der Waals surface area contributed by atoms with Crippen molar-refractivity contribution in [3.05, 3.63) is 51.8 Å². The molecule has 1 aromatic heterocycles. The van der Waals surface area contributed by atoms with Gasteiger partial charge < -0.3 is 10.6 Å². The van der Waals surface area contributed by atoms with Gasteiger partial charge in [0.2, 0.25) is 5.96 Å². The fourth-order valence-electron chi connectivity index (χ4n) is 1.78. The second-order valence-corrected chi connectivity index (χ2v) is 5.31. The van der Waals surface area contributed by atoms with Crippen LogP contribution in [0, 0.1) is 0 Å². The van der Waals surface area contributed by atoms with Crippen LogP contribution >= 0.6 is 11.8 Å². The van der Waals surface area contributed by atoms with Gasteiger partial charge in [-0.25, -0.2) is 9.98 Å². The van der Waals surface area contributed by atoms with Crippen LogP contribution in [0.15, 0.2) is 56.2 Å². The Kier molecular flexibility index (Phi) is 3.83. The van der Waals surface area contributed by atoms with Gasteiger partial charge in [-0.05, 0) is 24.0 Å². The molecule has 0 aliphatic carbocycles. The van der Waals surface area contributed by atoms with Crippen LogP contribution in [0.1, 0.15) is 12.5 Å². The minimum atomic E-state index is 0.593. The summed E-state index contributed by atoms with van der Waals surface area (Å²) in [5.74, 6) is 0.617. The molecule has 0 aromatic carbocycles. The molecule has 2 aliphatic heterocycles. The van der Waals surface area contributed by atoms with E-state index in [1.807, 2.05) is 25.3 Å². The summed E-state index contributed by atoms with van der Waals surface area (Å²) in [4.78, 5) is 12.7. The zero-order valence-electron chi connectivity index (χ0n) is 11.1. The highest BCUT2D eigenvalue weighted by molar-refractivity contribution is 8.06. The molecule has 0 saturated carbocycles. The van der Waals surface area contributed by atoms with Gasteiger partial charge in [0.15, 0.2) is 0 Å². The first-order valence-corrected chi connectivity index (χ1v) is 7.17. The molecule has 0 fully saturated rings. The molecule has 0 bridgehead atoms. The van der Waals surface area contributed by atoms with Gasteiger partial charge in [-0.1, -0.05) is 17.8 Å². The standard InChI is InChI=1S/C14H14N5S/c1-10-9-20-13(19-10)12-7-17-14(18-8-12)16-6-11-3-2-4-15-5-11/h2-5,9,19H,6-7H2,1H3,(H,16,17). The molecule has 1 radical (unpaired) electrons. The Morgan fingerprint density at radius 3 is 3.10 bits per heavy atom. The van der Waals surface area contributed by atoms with Gasteiger partial charge in [0, 0.05) is 30.2 Å². The van der Waals surface area contributed by atoms with Crippen molar-refractivity contribution in [3.63, 3.8) is 0 Å². The van der Waals surface area contributed by atoms with E-state index in [0.29, 0.717) is 19.0 Å². The summed E-state index contributed by atoms with van der Waals surface area (Å²) >= 11 is 1.65. The topological polar surface area (TPSA) is 61.7 Å². The first kappa shape index (κ1) is 12.9. The van der Waals surface area contributed by atoms with E-state index in [9.17, 15) is 0 Å². The van der Waals surface area contributed by atoms with E-state index < -0.39 is 0 Å². The van der Waals surface area contributed by atoms with Crippen LogP contribution in [-0.2, 0) is 6.54 Å². The van der Waals surface area contributed by atoms with Crippen molar-refractivity contribution in [3.8, 4) is 0 Å². The van der Waals surface area contributed by atoms with E-state index in [1.54, 1.807) is 18.0 Å². The smallest absolute Gasteiger partial charge is 0.219 e. The van der Waals surface area contributed by atoms with Gasteiger partial charge in [0.05, 0.1) is 11.6 Å². The van der Waals surface area contributed by atoms with Gasteiger partial charge in [-0.3, -0.25) is 4.98 Å². The molecule has 0 unspecified atom stereocenters. The number of guanidine groups is 1.